The van der Waals surface area contributed by atoms with Gasteiger partial charge in [-0.05, 0) is 18.8 Å². The lowest BCUT2D eigenvalue weighted by Gasteiger charge is -2.49. The lowest BCUT2D eigenvalue weighted by molar-refractivity contribution is -0.128. The average Bonchev–Trinajstić information content (AvgIpc) is 3.14. The molecule has 0 saturated carbocycles. The fourth-order valence-corrected chi connectivity index (χ4v) is 4.92. The zero-order valence-electron chi connectivity index (χ0n) is 15.7. The van der Waals surface area contributed by atoms with Crippen molar-refractivity contribution in [3.05, 3.63) is 40.8 Å². The van der Waals surface area contributed by atoms with Crippen LogP contribution in [0.4, 0.5) is 0 Å². The third-order valence-electron chi connectivity index (χ3n) is 6.12. The predicted molar refractivity (Wildman–Crippen MR) is 95.8 cm³/mol. The van der Waals surface area contributed by atoms with Crippen LogP contribution in [-0.2, 0) is 30.7 Å². The Kier molecular flexibility index (Phi) is 3.30. The first-order chi connectivity index (χ1) is 12.2. The Morgan fingerprint density at radius 3 is 2.62 bits per heavy atom. The molecule has 2 aliphatic carbocycles. The summed E-state index contributed by atoms with van der Waals surface area (Å²) in [5, 5.41) is 9.27. The van der Waals surface area contributed by atoms with Crippen molar-refractivity contribution in [2.45, 2.75) is 39.0 Å². The summed E-state index contributed by atoms with van der Waals surface area (Å²) in [5.41, 5.74) is 2.19. The quantitative estimate of drug-likeness (QED) is 0.741. The van der Waals surface area contributed by atoms with Crippen LogP contribution in [0.3, 0.4) is 0 Å². The van der Waals surface area contributed by atoms with Gasteiger partial charge in [-0.2, -0.15) is 5.10 Å². The Morgan fingerprint density at radius 1 is 1.27 bits per heavy atom. The summed E-state index contributed by atoms with van der Waals surface area (Å²) < 4.78 is 3.52. The van der Waals surface area contributed by atoms with Crippen molar-refractivity contribution in [3.63, 3.8) is 0 Å². The first kappa shape index (κ1) is 16.7. The number of nitrogens with zero attached hydrogens (tertiary/aromatic N) is 6. The molecule has 2 heterocycles. The fraction of sp³-hybridized carbons (Fsp3) is 0.526. The Labute approximate surface area is 152 Å². The van der Waals surface area contributed by atoms with Crippen molar-refractivity contribution in [1.82, 2.24) is 24.5 Å². The molecule has 0 amide bonds. The molecule has 2 aromatic rings. The van der Waals surface area contributed by atoms with E-state index in [-0.39, 0.29) is 17.4 Å². The summed E-state index contributed by atoms with van der Waals surface area (Å²) in [4.78, 5) is 20.7. The van der Waals surface area contributed by atoms with Crippen LogP contribution in [0.1, 0.15) is 38.4 Å². The van der Waals surface area contributed by atoms with E-state index in [1.807, 2.05) is 38.7 Å². The van der Waals surface area contributed by atoms with Crippen molar-refractivity contribution in [2.24, 2.45) is 25.4 Å². The van der Waals surface area contributed by atoms with Crippen LogP contribution in [0.2, 0.25) is 0 Å². The summed E-state index contributed by atoms with van der Waals surface area (Å²) in [6, 6.07) is 0. The second-order valence-electron chi connectivity index (χ2n) is 8.11. The van der Waals surface area contributed by atoms with Gasteiger partial charge in [0.2, 0.25) is 5.70 Å². The summed E-state index contributed by atoms with van der Waals surface area (Å²) >= 11 is 0. The number of Topliss-reactive ketones (excluding diaryl/α,β-unsaturated/α-hetero) is 1. The van der Waals surface area contributed by atoms with Crippen LogP contribution in [0, 0.1) is 17.9 Å². The zero-order valence-corrected chi connectivity index (χ0v) is 15.7. The van der Waals surface area contributed by atoms with E-state index in [4.69, 9.17) is 11.7 Å². The largest absolute Gasteiger partial charge is 0.307 e. The molecule has 7 nitrogen and oxygen atoms in total. The second-order valence-corrected chi connectivity index (χ2v) is 8.11. The number of aromatic nitrogens is 5. The molecule has 0 N–H and O–H groups in total. The molecule has 0 unspecified atom stereocenters. The maximum absolute atomic E-state index is 12.8. The molecule has 2 aliphatic rings. The number of rotatable bonds is 1. The van der Waals surface area contributed by atoms with E-state index in [2.05, 4.69) is 21.9 Å². The first-order valence-electron chi connectivity index (χ1n) is 8.77. The zero-order chi connectivity index (χ0) is 18.9. The van der Waals surface area contributed by atoms with Crippen molar-refractivity contribution < 1.29 is 4.79 Å². The van der Waals surface area contributed by atoms with Gasteiger partial charge < -0.3 is 4.79 Å². The maximum Gasteiger partial charge on any atom is 0.226 e. The van der Waals surface area contributed by atoms with Crippen LogP contribution in [-0.4, -0.2) is 30.3 Å². The monoisotopic (exact) mass is 350 g/mol. The SMILES string of the molecule is [C-]#[N+]C1=C[C@]2(C)c3nn(C)c(-c4ncn(C)n4)c3CC[C@H]2C(C)(C)C1=O. The minimum absolute atomic E-state index is 0.0547. The van der Waals surface area contributed by atoms with Crippen LogP contribution >= 0.6 is 0 Å². The Bertz CT molecular complexity index is 1000. The smallest absolute Gasteiger partial charge is 0.226 e. The Morgan fingerprint density at radius 2 is 2.00 bits per heavy atom. The Hall–Kier alpha value is -2.75. The number of fused-ring (bicyclic) bond motifs is 3. The third kappa shape index (κ3) is 1.99. The van der Waals surface area contributed by atoms with E-state index in [1.165, 1.54) is 0 Å². The number of carbonyl (C=O) groups excluding carboxylic acids is 1. The van der Waals surface area contributed by atoms with Crippen LogP contribution in [0.5, 0.6) is 0 Å². The number of carbonyl (C=O) groups is 1. The van der Waals surface area contributed by atoms with E-state index < -0.39 is 10.8 Å². The van der Waals surface area contributed by atoms with E-state index in [1.54, 1.807) is 11.0 Å². The summed E-state index contributed by atoms with van der Waals surface area (Å²) in [7, 11) is 3.75. The molecule has 0 aromatic carbocycles. The molecule has 0 fully saturated rings. The molecule has 4 rings (SSSR count). The molecular formula is C19H22N6O. The van der Waals surface area contributed by atoms with Gasteiger partial charge in [0.25, 0.3) is 0 Å². The van der Waals surface area contributed by atoms with Gasteiger partial charge >= 0.3 is 0 Å². The molecular weight excluding hydrogens is 328 g/mol. The second kappa shape index (κ2) is 5.13. The van der Waals surface area contributed by atoms with Gasteiger partial charge in [0.05, 0.1) is 12.3 Å². The van der Waals surface area contributed by atoms with Crippen molar-refractivity contribution in [1.29, 1.82) is 0 Å². The standard InChI is InChI=1S/C19H22N6O/c1-18(2)13-8-7-11-14(17-21-10-24(5)23-17)25(6)22-15(11)19(13,3)9-12(20-4)16(18)26/h9-10,13H,7-8H2,1-3,5-6H3/t13-,19-/m0/s1. The van der Waals surface area contributed by atoms with Gasteiger partial charge in [0.1, 0.15) is 12.0 Å². The third-order valence-corrected chi connectivity index (χ3v) is 6.12. The highest BCUT2D eigenvalue weighted by Crippen LogP contribution is 2.55. The fourth-order valence-electron chi connectivity index (χ4n) is 4.92. The minimum atomic E-state index is -0.581. The molecule has 0 bridgehead atoms. The van der Waals surface area contributed by atoms with Gasteiger partial charge in [0, 0.05) is 30.5 Å². The number of hydrogen-bond donors (Lipinski definition) is 0. The number of hydrogen-bond acceptors (Lipinski definition) is 4. The lowest BCUT2D eigenvalue weighted by Crippen LogP contribution is -2.50. The van der Waals surface area contributed by atoms with Crippen LogP contribution in [0.15, 0.2) is 18.1 Å². The molecule has 7 heteroatoms. The molecule has 0 spiro atoms. The normalized spacial score (nSPS) is 26.7. The van der Waals surface area contributed by atoms with Gasteiger partial charge in [-0.3, -0.25) is 9.36 Å². The van der Waals surface area contributed by atoms with Crippen molar-refractivity contribution >= 4 is 5.78 Å². The molecule has 2 atom stereocenters. The number of ketones is 1. The maximum atomic E-state index is 12.8. The Balaban J connectivity index is 1.96. The molecule has 0 radical (unpaired) electrons. The molecule has 26 heavy (non-hydrogen) atoms. The highest BCUT2D eigenvalue weighted by atomic mass is 16.1. The minimum Gasteiger partial charge on any atom is -0.307 e. The van der Waals surface area contributed by atoms with E-state index in [0.717, 1.165) is 29.8 Å². The number of aryl methyl sites for hydroxylation is 2. The van der Waals surface area contributed by atoms with Crippen molar-refractivity contribution in [2.75, 3.05) is 0 Å². The molecule has 2 aromatic heterocycles. The lowest BCUT2D eigenvalue weighted by atomic mass is 9.53. The first-order valence-corrected chi connectivity index (χ1v) is 8.77. The summed E-state index contributed by atoms with van der Waals surface area (Å²) in [5.74, 6) is 0.715. The van der Waals surface area contributed by atoms with E-state index in [0.29, 0.717) is 5.82 Å². The van der Waals surface area contributed by atoms with Crippen LogP contribution < -0.4 is 0 Å². The topological polar surface area (TPSA) is 70.0 Å². The summed E-state index contributed by atoms with van der Waals surface area (Å²) in [6.45, 7) is 13.5. The summed E-state index contributed by atoms with van der Waals surface area (Å²) in [6.07, 6.45) is 5.23. The predicted octanol–water partition coefficient (Wildman–Crippen LogP) is 2.45. The van der Waals surface area contributed by atoms with Crippen molar-refractivity contribution in [3.8, 4) is 11.5 Å². The van der Waals surface area contributed by atoms with E-state index in [9.17, 15) is 4.79 Å². The molecule has 0 saturated heterocycles. The molecule has 0 aliphatic heterocycles. The van der Waals surface area contributed by atoms with Gasteiger partial charge in [-0.1, -0.05) is 26.8 Å². The highest BCUT2D eigenvalue weighted by molar-refractivity contribution is 6.02. The highest BCUT2D eigenvalue weighted by Gasteiger charge is 2.55. The van der Waals surface area contributed by atoms with Gasteiger partial charge in [0.15, 0.2) is 11.6 Å². The average molecular weight is 350 g/mol. The number of allylic oxidation sites excluding steroid dienone is 2. The van der Waals surface area contributed by atoms with E-state index >= 15 is 0 Å². The van der Waals surface area contributed by atoms with Gasteiger partial charge in [-0.25, -0.2) is 9.83 Å². The molecule has 134 valence electrons. The van der Waals surface area contributed by atoms with Crippen LogP contribution in [0.25, 0.3) is 16.4 Å². The van der Waals surface area contributed by atoms with Gasteiger partial charge in [-0.15, -0.1) is 5.10 Å².